The first kappa shape index (κ1) is 11.4. The molecule has 0 aromatic rings. The molecule has 3 atom stereocenters. The Balaban J connectivity index is 4.17. The SMILES string of the molecule is C=C[C@H](C)[C@@H](O)[C@@H](C)C(=O)CC. The lowest BCUT2D eigenvalue weighted by Crippen LogP contribution is -2.29. The minimum Gasteiger partial charge on any atom is -0.392 e. The molecule has 0 aliphatic rings. The van der Waals surface area contributed by atoms with Gasteiger partial charge in [-0.2, -0.15) is 0 Å². The van der Waals surface area contributed by atoms with Gasteiger partial charge in [-0.05, 0) is 0 Å². The summed E-state index contributed by atoms with van der Waals surface area (Å²) in [5.41, 5.74) is 0. The lowest BCUT2D eigenvalue weighted by Gasteiger charge is -2.20. The van der Waals surface area contributed by atoms with Crippen LogP contribution in [0.5, 0.6) is 0 Å². The molecular weight excluding hydrogens is 152 g/mol. The first-order valence-electron chi connectivity index (χ1n) is 4.37. The summed E-state index contributed by atoms with van der Waals surface area (Å²) >= 11 is 0. The maximum Gasteiger partial charge on any atom is 0.138 e. The Morgan fingerprint density at radius 1 is 1.58 bits per heavy atom. The van der Waals surface area contributed by atoms with E-state index < -0.39 is 6.10 Å². The van der Waals surface area contributed by atoms with Gasteiger partial charge in [0.1, 0.15) is 5.78 Å². The molecule has 0 aromatic carbocycles. The van der Waals surface area contributed by atoms with Crippen LogP contribution in [-0.4, -0.2) is 17.0 Å². The predicted molar refractivity (Wildman–Crippen MR) is 49.8 cm³/mol. The van der Waals surface area contributed by atoms with Gasteiger partial charge in [-0.15, -0.1) is 6.58 Å². The van der Waals surface area contributed by atoms with Gasteiger partial charge in [0, 0.05) is 18.3 Å². The molecule has 2 nitrogen and oxygen atoms in total. The number of carbonyl (C=O) groups excluding carboxylic acids is 1. The zero-order valence-electron chi connectivity index (χ0n) is 8.08. The largest absolute Gasteiger partial charge is 0.392 e. The molecule has 0 aliphatic carbocycles. The zero-order chi connectivity index (χ0) is 9.72. The summed E-state index contributed by atoms with van der Waals surface area (Å²) in [4.78, 5) is 11.2. The molecule has 0 heterocycles. The topological polar surface area (TPSA) is 37.3 Å². The summed E-state index contributed by atoms with van der Waals surface area (Å²) in [7, 11) is 0. The van der Waals surface area contributed by atoms with Gasteiger partial charge in [0.15, 0.2) is 0 Å². The number of hydrogen-bond donors (Lipinski definition) is 1. The minimum atomic E-state index is -0.588. The second-order valence-electron chi connectivity index (χ2n) is 3.19. The summed E-state index contributed by atoms with van der Waals surface area (Å²) in [5, 5.41) is 9.60. The predicted octanol–water partition coefficient (Wildman–Crippen LogP) is 1.78. The molecular formula is C10H18O2. The fourth-order valence-electron chi connectivity index (χ4n) is 1.11. The summed E-state index contributed by atoms with van der Waals surface area (Å²) in [6.07, 6.45) is 1.57. The van der Waals surface area contributed by atoms with Crippen LogP contribution >= 0.6 is 0 Å². The molecule has 0 amide bonds. The Labute approximate surface area is 74.3 Å². The summed E-state index contributed by atoms with van der Waals surface area (Å²) in [6.45, 7) is 9.01. The van der Waals surface area contributed by atoms with Crippen molar-refractivity contribution in [2.45, 2.75) is 33.3 Å². The number of ketones is 1. The van der Waals surface area contributed by atoms with E-state index in [9.17, 15) is 9.90 Å². The molecule has 0 saturated heterocycles. The standard InChI is InChI=1S/C10H18O2/c1-5-7(3)10(12)8(4)9(11)6-2/h5,7-8,10,12H,1,6H2,2-4H3/t7-,8-,10+/m0/s1. The van der Waals surface area contributed by atoms with E-state index >= 15 is 0 Å². The highest BCUT2D eigenvalue weighted by Gasteiger charge is 2.23. The Morgan fingerprint density at radius 2 is 2.08 bits per heavy atom. The molecule has 0 aliphatic heterocycles. The van der Waals surface area contributed by atoms with Crippen molar-refractivity contribution in [3.8, 4) is 0 Å². The first-order chi connectivity index (χ1) is 5.54. The van der Waals surface area contributed by atoms with Crippen molar-refractivity contribution in [3.63, 3.8) is 0 Å². The van der Waals surface area contributed by atoms with Gasteiger partial charge >= 0.3 is 0 Å². The average molecular weight is 170 g/mol. The zero-order valence-corrected chi connectivity index (χ0v) is 8.08. The van der Waals surface area contributed by atoms with Crippen molar-refractivity contribution in [1.29, 1.82) is 0 Å². The second-order valence-corrected chi connectivity index (χ2v) is 3.19. The van der Waals surface area contributed by atoms with Crippen molar-refractivity contribution in [2.75, 3.05) is 0 Å². The van der Waals surface area contributed by atoms with Crippen LogP contribution in [0.1, 0.15) is 27.2 Å². The lowest BCUT2D eigenvalue weighted by molar-refractivity contribution is -0.126. The number of rotatable bonds is 5. The van der Waals surface area contributed by atoms with Crippen molar-refractivity contribution in [2.24, 2.45) is 11.8 Å². The Hall–Kier alpha value is -0.630. The van der Waals surface area contributed by atoms with Crippen LogP contribution in [0.2, 0.25) is 0 Å². The van der Waals surface area contributed by atoms with Crippen LogP contribution in [0.3, 0.4) is 0 Å². The molecule has 0 saturated carbocycles. The molecule has 12 heavy (non-hydrogen) atoms. The van der Waals surface area contributed by atoms with Crippen LogP contribution in [0, 0.1) is 11.8 Å². The quantitative estimate of drug-likeness (QED) is 0.639. The van der Waals surface area contributed by atoms with E-state index in [0.717, 1.165) is 0 Å². The van der Waals surface area contributed by atoms with Gasteiger partial charge in [-0.3, -0.25) is 4.79 Å². The Kier molecular flexibility index (Phi) is 4.83. The third-order valence-electron chi connectivity index (χ3n) is 2.28. The number of hydrogen-bond acceptors (Lipinski definition) is 2. The molecule has 0 radical (unpaired) electrons. The van der Waals surface area contributed by atoms with E-state index in [4.69, 9.17) is 0 Å². The highest BCUT2D eigenvalue weighted by molar-refractivity contribution is 5.80. The van der Waals surface area contributed by atoms with Gasteiger partial charge < -0.3 is 5.11 Å². The van der Waals surface area contributed by atoms with E-state index in [2.05, 4.69) is 6.58 Å². The van der Waals surface area contributed by atoms with Gasteiger partial charge in [-0.1, -0.05) is 26.8 Å². The second kappa shape index (κ2) is 5.09. The van der Waals surface area contributed by atoms with Crippen LogP contribution < -0.4 is 0 Å². The fraction of sp³-hybridized carbons (Fsp3) is 0.700. The van der Waals surface area contributed by atoms with E-state index in [0.29, 0.717) is 6.42 Å². The molecule has 0 rings (SSSR count). The number of carbonyl (C=O) groups is 1. The Bertz CT molecular complexity index is 163. The van der Waals surface area contributed by atoms with Gasteiger partial charge in [-0.25, -0.2) is 0 Å². The van der Waals surface area contributed by atoms with Crippen molar-refractivity contribution >= 4 is 5.78 Å². The summed E-state index contributed by atoms with van der Waals surface area (Å²) in [5.74, 6) is -0.185. The molecule has 0 aromatic heterocycles. The van der Waals surface area contributed by atoms with E-state index in [-0.39, 0.29) is 17.6 Å². The fourth-order valence-corrected chi connectivity index (χ4v) is 1.11. The monoisotopic (exact) mass is 170 g/mol. The van der Waals surface area contributed by atoms with Crippen molar-refractivity contribution in [3.05, 3.63) is 12.7 Å². The average Bonchev–Trinajstić information content (AvgIpc) is 2.12. The highest BCUT2D eigenvalue weighted by Crippen LogP contribution is 2.15. The molecule has 0 fully saturated rings. The molecule has 2 heteroatoms. The first-order valence-corrected chi connectivity index (χ1v) is 4.37. The van der Waals surface area contributed by atoms with E-state index in [1.165, 1.54) is 0 Å². The third kappa shape index (κ3) is 2.78. The van der Waals surface area contributed by atoms with Gasteiger partial charge in [0.2, 0.25) is 0 Å². The number of aliphatic hydroxyl groups is 1. The van der Waals surface area contributed by atoms with Crippen LogP contribution in [0.25, 0.3) is 0 Å². The van der Waals surface area contributed by atoms with Crippen molar-refractivity contribution < 1.29 is 9.90 Å². The van der Waals surface area contributed by atoms with Gasteiger partial charge in [0.05, 0.1) is 6.10 Å². The molecule has 0 unspecified atom stereocenters. The number of aliphatic hydroxyl groups excluding tert-OH is 1. The lowest BCUT2D eigenvalue weighted by atomic mass is 9.89. The number of Topliss-reactive ketones (excluding diaryl/α,β-unsaturated/α-hetero) is 1. The smallest absolute Gasteiger partial charge is 0.138 e. The Morgan fingerprint density at radius 3 is 2.42 bits per heavy atom. The van der Waals surface area contributed by atoms with Gasteiger partial charge in [0.25, 0.3) is 0 Å². The van der Waals surface area contributed by atoms with Crippen LogP contribution in [0.4, 0.5) is 0 Å². The van der Waals surface area contributed by atoms with Crippen LogP contribution in [0.15, 0.2) is 12.7 Å². The van der Waals surface area contributed by atoms with E-state index in [1.807, 2.05) is 13.8 Å². The summed E-state index contributed by atoms with van der Waals surface area (Å²) < 4.78 is 0. The van der Waals surface area contributed by atoms with Crippen LogP contribution in [-0.2, 0) is 4.79 Å². The van der Waals surface area contributed by atoms with Crippen molar-refractivity contribution in [1.82, 2.24) is 0 Å². The molecule has 0 spiro atoms. The third-order valence-corrected chi connectivity index (χ3v) is 2.28. The minimum absolute atomic E-state index is 0.0181. The maximum atomic E-state index is 11.2. The van der Waals surface area contributed by atoms with E-state index in [1.54, 1.807) is 13.0 Å². The highest BCUT2D eigenvalue weighted by atomic mass is 16.3. The summed E-state index contributed by atoms with van der Waals surface area (Å²) in [6, 6.07) is 0. The molecule has 0 bridgehead atoms. The normalized spacial score (nSPS) is 18.0. The maximum absolute atomic E-state index is 11.2. The molecule has 1 N–H and O–H groups in total. The molecule has 70 valence electrons.